The van der Waals surface area contributed by atoms with Crippen molar-refractivity contribution in [2.45, 2.75) is 63.2 Å². The summed E-state index contributed by atoms with van der Waals surface area (Å²) < 4.78 is 32.3. The summed E-state index contributed by atoms with van der Waals surface area (Å²) in [5.41, 5.74) is 0.167. The van der Waals surface area contributed by atoms with Crippen molar-refractivity contribution in [1.29, 1.82) is 0 Å². The van der Waals surface area contributed by atoms with Crippen LogP contribution in [0.4, 0.5) is 0 Å². The first-order valence-corrected chi connectivity index (χ1v) is 12.2. The molecule has 4 fully saturated rings. The average molecular weight is 386 g/mol. The van der Waals surface area contributed by atoms with Crippen LogP contribution in [0.3, 0.4) is 0 Å². The Morgan fingerprint density at radius 1 is 1.23 bits per heavy atom. The quantitative estimate of drug-likeness (QED) is 0.746. The van der Waals surface area contributed by atoms with E-state index in [1.807, 2.05) is 0 Å². The van der Waals surface area contributed by atoms with E-state index >= 15 is 0 Å². The summed E-state index contributed by atoms with van der Waals surface area (Å²) in [4.78, 5) is 5.25. The number of hydrogen-bond donors (Lipinski definition) is 1. The SMILES string of the molecule is CC(C)(CN1C[C@@H]2[C@H](CNS(C)(=O)=O)[C@H]3CC[C@]2(C1)O3)N1CCCCC1. The lowest BCUT2D eigenvalue weighted by Gasteiger charge is -2.43. The molecule has 6 nitrogen and oxygen atoms in total. The van der Waals surface area contributed by atoms with E-state index in [0.29, 0.717) is 18.4 Å². The maximum atomic E-state index is 11.5. The van der Waals surface area contributed by atoms with Crippen LogP contribution in [-0.2, 0) is 14.8 Å². The van der Waals surface area contributed by atoms with Crippen molar-refractivity contribution < 1.29 is 13.2 Å². The van der Waals surface area contributed by atoms with Crippen molar-refractivity contribution in [2.24, 2.45) is 11.8 Å². The molecule has 4 aliphatic heterocycles. The fourth-order valence-electron chi connectivity index (χ4n) is 6.07. The molecule has 4 rings (SSSR count). The van der Waals surface area contributed by atoms with Crippen molar-refractivity contribution in [3.05, 3.63) is 0 Å². The molecule has 4 heterocycles. The third kappa shape index (κ3) is 3.58. The zero-order valence-electron chi connectivity index (χ0n) is 16.5. The Bertz CT molecular complexity index is 632. The summed E-state index contributed by atoms with van der Waals surface area (Å²) >= 11 is 0. The molecule has 0 amide bonds. The van der Waals surface area contributed by atoms with Gasteiger partial charge in [-0.2, -0.15) is 0 Å². The Kier molecular flexibility index (Phi) is 4.92. The first-order chi connectivity index (χ1) is 12.2. The standard InChI is InChI=1S/C19H35N3O3S/c1-18(2,22-9-5-4-6-10-22)13-21-12-16-15(11-20-26(3,23)24)17-7-8-19(16,14-21)25-17/h15-17,20H,4-14H2,1-3H3/t15-,16+,17+,19+/m0/s1. The van der Waals surface area contributed by atoms with Gasteiger partial charge in [0.25, 0.3) is 0 Å². The minimum Gasteiger partial charge on any atom is -0.370 e. The molecule has 0 unspecified atom stereocenters. The number of fused-ring (bicyclic) bond motifs is 1. The molecule has 4 saturated heterocycles. The topological polar surface area (TPSA) is 61.9 Å². The van der Waals surface area contributed by atoms with Gasteiger partial charge in [-0.3, -0.25) is 9.80 Å². The van der Waals surface area contributed by atoms with E-state index in [4.69, 9.17) is 4.74 Å². The van der Waals surface area contributed by atoms with Crippen LogP contribution in [0.1, 0.15) is 46.0 Å². The normalized spacial score (nSPS) is 38.8. The predicted molar refractivity (Wildman–Crippen MR) is 103 cm³/mol. The van der Waals surface area contributed by atoms with Crippen LogP contribution in [-0.4, -0.2) is 81.0 Å². The largest absolute Gasteiger partial charge is 0.370 e. The van der Waals surface area contributed by atoms with E-state index in [1.165, 1.54) is 38.6 Å². The first-order valence-electron chi connectivity index (χ1n) is 10.3. The number of sulfonamides is 1. The van der Waals surface area contributed by atoms with Crippen LogP contribution >= 0.6 is 0 Å². The highest BCUT2D eigenvalue weighted by molar-refractivity contribution is 7.88. The Morgan fingerprint density at radius 2 is 1.96 bits per heavy atom. The van der Waals surface area contributed by atoms with E-state index in [-0.39, 0.29) is 17.2 Å². The molecule has 0 aliphatic carbocycles. The fraction of sp³-hybridized carbons (Fsp3) is 1.00. The highest BCUT2D eigenvalue weighted by atomic mass is 32.2. The van der Waals surface area contributed by atoms with Crippen LogP contribution in [0, 0.1) is 11.8 Å². The molecule has 0 saturated carbocycles. The summed E-state index contributed by atoms with van der Waals surface area (Å²) in [6, 6.07) is 0. The van der Waals surface area contributed by atoms with Gasteiger partial charge in [0.15, 0.2) is 0 Å². The molecule has 0 radical (unpaired) electrons. The fourth-order valence-corrected chi connectivity index (χ4v) is 6.57. The zero-order valence-corrected chi connectivity index (χ0v) is 17.4. The van der Waals surface area contributed by atoms with E-state index in [1.54, 1.807) is 0 Å². The smallest absolute Gasteiger partial charge is 0.208 e. The van der Waals surface area contributed by atoms with E-state index in [2.05, 4.69) is 28.4 Å². The summed E-state index contributed by atoms with van der Waals surface area (Å²) in [5, 5.41) is 0. The summed E-state index contributed by atoms with van der Waals surface area (Å²) in [5.74, 6) is 0.786. The van der Waals surface area contributed by atoms with Crippen LogP contribution in [0.2, 0.25) is 0 Å². The molecule has 0 aromatic carbocycles. The second kappa shape index (κ2) is 6.69. The lowest BCUT2D eigenvalue weighted by atomic mass is 9.74. The molecule has 150 valence electrons. The Balaban J connectivity index is 1.41. The van der Waals surface area contributed by atoms with Gasteiger partial charge in [0.05, 0.1) is 18.0 Å². The Morgan fingerprint density at radius 3 is 2.65 bits per heavy atom. The maximum absolute atomic E-state index is 11.5. The number of nitrogens with one attached hydrogen (secondary N) is 1. The van der Waals surface area contributed by atoms with Gasteiger partial charge < -0.3 is 4.74 Å². The number of ether oxygens (including phenoxy) is 1. The van der Waals surface area contributed by atoms with Gasteiger partial charge in [0, 0.05) is 43.6 Å². The minimum absolute atomic E-state index is 0.0213. The molecule has 1 spiro atoms. The monoisotopic (exact) mass is 385 g/mol. The number of hydrogen-bond acceptors (Lipinski definition) is 5. The van der Waals surface area contributed by atoms with Crippen molar-refractivity contribution in [2.75, 3.05) is 45.5 Å². The highest BCUT2D eigenvalue weighted by Crippen LogP contribution is 2.54. The van der Waals surface area contributed by atoms with Gasteiger partial charge in [-0.25, -0.2) is 13.1 Å². The van der Waals surface area contributed by atoms with Crippen molar-refractivity contribution in [3.63, 3.8) is 0 Å². The zero-order chi connectivity index (χ0) is 18.6. The number of nitrogens with zero attached hydrogens (tertiary/aromatic N) is 2. The average Bonchev–Trinajstić information content (AvgIpc) is 3.20. The molecular weight excluding hydrogens is 350 g/mol. The maximum Gasteiger partial charge on any atom is 0.208 e. The Labute approximate surface area is 158 Å². The number of piperidine rings is 1. The molecule has 26 heavy (non-hydrogen) atoms. The van der Waals surface area contributed by atoms with Gasteiger partial charge in [0.1, 0.15) is 0 Å². The van der Waals surface area contributed by atoms with Gasteiger partial charge >= 0.3 is 0 Å². The van der Waals surface area contributed by atoms with Gasteiger partial charge in [0.2, 0.25) is 10.0 Å². The van der Waals surface area contributed by atoms with Crippen LogP contribution < -0.4 is 4.72 Å². The van der Waals surface area contributed by atoms with Gasteiger partial charge in [-0.1, -0.05) is 6.42 Å². The van der Waals surface area contributed by atoms with Gasteiger partial charge in [-0.15, -0.1) is 0 Å². The predicted octanol–water partition coefficient (Wildman–Crippen LogP) is 1.28. The third-order valence-electron chi connectivity index (χ3n) is 7.26. The summed E-state index contributed by atoms with van der Waals surface area (Å²) in [7, 11) is -3.14. The molecule has 7 heteroatoms. The van der Waals surface area contributed by atoms with Crippen LogP contribution in [0.5, 0.6) is 0 Å². The first kappa shape index (κ1) is 19.1. The number of rotatable bonds is 6. The molecule has 4 atom stereocenters. The highest BCUT2D eigenvalue weighted by Gasteiger charge is 2.63. The molecule has 1 N–H and O–H groups in total. The summed E-state index contributed by atoms with van der Waals surface area (Å²) in [6.07, 6.45) is 7.71. The van der Waals surface area contributed by atoms with E-state index < -0.39 is 10.0 Å². The van der Waals surface area contributed by atoms with Gasteiger partial charge in [-0.05, 0) is 52.6 Å². The summed E-state index contributed by atoms with van der Waals surface area (Å²) in [6.45, 7) is 10.9. The number of likely N-dealkylation sites (tertiary alicyclic amines) is 2. The third-order valence-corrected chi connectivity index (χ3v) is 7.95. The molecule has 0 aromatic rings. The lowest BCUT2D eigenvalue weighted by Crippen LogP contribution is -2.53. The second-order valence-electron chi connectivity index (χ2n) is 9.68. The Hall–Kier alpha value is -0.210. The van der Waals surface area contributed by atoms with Crippen molar-refractivity contribution in [1.82, 2.24) is 14.5 Å². The van der Waals surface area contributed by atoms with E-state index in [9.17, 15) is 8.42 Å². The molecule has 2 bridgehead atoms. The van der Waals surface area contributed by atoms with E-state index in [0.717, 1.165) is 32.5 Å². The van der Waals surface area contributed by atoms with Crippen LogP contribution in [0.25, 0.3) is 0 Å². The van der Waals surface area contributed by atoms with Crippen molar-refractivity contribution in [3.8, 4) is 0 Å². The van der Waals surface area contributed by atoms with Crippen LogP contribution in [0.15, 0.2) is 0 Å². The molecular formula is C19H35N3O3S. The minimum atomic E-state index is -3.14. The second-order valence-corrected chi connectivity index (χ2v) is 11.5. The molecule has 4 aliphatic rings. The molecule has 0 aromatic heterocycles. The van der Waals surface area contributed by atoms with Crippen molar-refractivity contribution >= 4 is 10.0 Å². The lowest BCUT2D eigenvalue weighted by molar-refractivity contribution is -0.00456.